The maximum atomic E-state index is 5.68. The first-order chi connectivity index (χ1) is 12.7. The lowest BCUT2D eigenvalue weighted by molar-refractivity contribution is 0.0532. The smallest absolute Gasteiger partial charge is 0.191 e. The van der Waals surface area contributed by atoms with Gasteiger partial charge in [0.15, 0.2) is 5.96 Å². The zero-order chi connectivity index (χ0) is 18.4. The summed E-state index contributed by atoms with van der Waals surface area (Å²) in [5.41, 5.74) is 0. The second-order valence-corrected chi connectivity index (χ2v) is 8.80. The monoisotopic (exact) mass is 492 g/mol. The van der Waals surface area contributed by atoms with E-state index in [1.807, 2.05) is 7.05 Å². The predicted molar refractivity (Wildman–Crippen MR) is 124 cm³/mol. The number of rotatable bonds is 7. The Morgan fingerprint density at radius 1 is 1.07 bits per heavy atom. The summed E-state index contributed by atoms with van der Waals surface area (Å²) < 4.78 is 5.68. The summed E-state index contributed by atoms with van der Waals surface area (Å²) in [6.07, 6.45) is 11.3. The second-order valence-electron chi connectivity index (χ2n) is 8.80. The molecule has 1 aliphatic heterocycles. The normalized spacial score (nSPS) is 28.1. The molecule has 3 aliphatic rings. The van der Waals surface area contributed by atoms with Crippen LogP contribution in [-0.2, 0) is 4.74 Å². The molecule has 1 heterocycles. The van der Waals surface area contributed by atoms with Crippen molar-refractivity contribution >= 4 is 29.9 Å². The minimum atomic E-state index is 0. The molecule has 5 nitrogen and oxygen atoms in total. The van der Waals surface area contributed by atoms with E-state index in [0.29, 0.717) is 18.2 Å². The number of nitrogens with zero attached hydrogens (tertiary/aromatic N) is 2. The van der Waals surface area contributed by atoms with Gasteiger partial charge in [-0.2, -0.15) is 0 Å². The van der Waals surface area contributed by atoms with Crippen molar-refractivity contribution in [3.8, 4) is 0 Å². The van der Waals surface area contributed by atoms with Crippen LogP contribution in [0.4, 0.5) is 0 Å². The molecule has 2 aliphatic carbocycles. The molecule has 0 bridgehead atoms. The number of aliphatic imine (C=N–C) groups is 1. The predicted octanol–water partition coefficient (Wildman–Crippen LogP) is 3.63. The summed E-state index contributed by atoms with van der Waals surface area (Å²) in [5.74, 6) is 2.89. The molecule has 0 aromatic carbocycles. The summed E-state index contributed by atoms with van der Waals surface area (Å²) in [5, 5.41) is 7.37. The van der Waals surface area contributed by atoms with E-state index in [1.54, 1.807) is 0 Å². The highest BCUT2D eigenvalue weighted by molar-refractivity contribution is 14.0. The summed E-state index contributed by atoms with van der Waals surface area (Å²) in [6.45, 7) is 8.43. The van der Waals surface area contributed by atoms with E-state index in [2.05, 4.69) is 34.4 Å². The third-order valence-corrected chi connectivity index (χ3v) is 6.43. The Labute approximate surface area is 183 Å². The summed E-state index contributed by atoms with van der Waals surface area (Å²) in [6, 6.07) is 1.22. The first-order valence-electron chi connectivity index (χ1n) is 11.0. The molecule has 0 aromatic rings. The molecule has 2 atom stereocenters. The number of piperidine rings is 1. The van der Waals surface area contributed by atoms with Gasteiger partial charge in [-0.25, -0.2) is 0 Å². The van der Waals surface area contributed by atoms with Crippen LogP contribution < -0.4 is 10.6 Å². The van der Waals surface area contributed by atoms with E-state index in [1.165, 1.54) is 51.4 Å². The van der Waals surface area contributed by atoms with Crippen LogP contribution in [0.15, 0.2) is 4.99 Å². The third-order valence-electron chi connectivity index (χ3n) is 6.43. The molecule has 0 aromatic heterocycles. The van der Waals surface area contributed by atoms with Crippen LogP contribution in [0.3, 0.4) is 0 Å². The topological polar surface area (TPSA) is 48.9 Å². The molecule has 1 saturated heterocycles. The van der Waals surface area contributed by atoms with Crippen LogP contribution in [0.2, 0.25) is 0 Å². The zero-order valence-corrected chi connectivity index (χ0v) is 19.9. The fourth-order valence-electron chi connectivity index (χ4n) is 4.72. The van der Waals surface area contributed by atoms with E-state index in [9.17, 15) is 0 Å². The molecular formula is C21H41IN4O. The fourth-order valence-corrected chi connectivity index (χ4v) is 4.72. The first-order valence-corrected chi connectivity index (χ1v) is 11.0. The minimum absolute atomic E-state index is 0. The molecule has 3 rings (SSSR count). The van der Waals surface area contributed by atoms with Crippen molar-refractivity contribution in [3.63, 3.8) is 0 Å². The maximum absolute atomic E-state index is 5.68. The Balaban J connectivity index is 0.00000261. The second kappa shape index (κ2) is 11.8. The maximum Gasteiger partial charge on any atom is 0.191 e. The highest BCUT2D eigenvalue weighted by atomic mass is 127. The van der Waals surface area contributed by atoms with Gasteiger partial charge in [0.1, 0.15) is 0 Å². The third kappa shape index (κ3) is 7.69. The van der Waals surface area contributed by atoms with Gasteiger partial charge < -0.3 is 20.3 Å². The van der Waals surface area contributed by atoms with E-state index >= 15 is 0 Å². The van der Waals surface area contributed by atoms with Gasteiger partial charge in [-0.3, -0.25) is 4.99 Å². The van der Waals surface area contributed by atoms with Crippen molar-refractivity contribution in [1.29, 1.82) is 0 Å². The lowest BCUT2D eigenvalue weighted by Gasteiger charge is -2.33. The number of nitrogens with one attached hydrogen (secondary N) is 2. The quantitative estimate of drug-likeness (QED) is 0.324. The Bertz CT molecular complexity index is 445. The van der Waals surface area contributed by atoms with Gasteiger partial charge in [-0.05, 0) is 44.9 Å². The van der Waals surface area contributed by atoms with Crippen molar-refractivity contribution in [2.45, 2.75) is 83.4 Å². The SMILES string of the molecule is CN=C(NC1CCN(CCOC(C)C)CC1)NC1CC1C1CCCCC1.I. The highest BCUT2D eigenvalue weighted by Gasteiger charge is 2.43. The Morgan fingerprint density at radius 2 is 1.78 bits per heavy atom. The molecule has 27 heavy (non-hydrogen) atoms. The molecule has 2 saturated carbocycles. The number of guanidine groups is 1. The van der Waals surface area contributed by atoms with Crippen LogP contribution in [-0.4, -0.2) is 62.3 Å². The molecule has 0 amide bonds. The van der Waals surface area contributed by atoms with Crippen LogP contribution in [0.1, 0.15) is 65.2 Å². The Morgan fingerprint density at radius 3 is 2.41 bits per heavy atom. The van der Waals surface area contributed by atoms with Crippen LogP contribution in [0.5, 0.6) is 0 Å². The van der Waals surface area contributed by atoms with E-state index in [-0.39, 0.29) is 24.0 Å². The van der Waals surface area contributed by atoms with Gasteiger partial charge in [-0.15, -0.1) is 24.0 Å². The van der Waals surface area contributed by atoms with Crippen molar-refractivity contribution < 1.29 is 4.74 Å². The summed E-state index contributed by atoms with van der Waals surface area (Å²) in [7, 11) is 1.91. The average Bonchev–Trinajstić information content (AvgIpc) is 3.42. The lowest BCUT2D eigenvalue weighted by Crippen LogP contribution is -2.49. The molecule has 6 heteroatoms. The Hall–Kier alpha value is -0.0800. The number of hydrogen-bond donors (Lipinski definition) is 2. The fraction of sp³-hybridized carbons (Fsp3) is 0.952. The zero-order valence-electron chi connectivity index (χ0n) is 17.6. The summed E-state index contributed by atoms with van der Waals surface area (Å²) >= 11 is 0. The first kappa shape index (κ1) is 23.2. The van der Waals surface area contributed by atoms with Gasteiger partial charge in [0.25, 0.3) is 0 Å². The standard InChI is InChI=1S/C21H40N4O.HI/c1-16(2)26-14-13-25-11-9-18(10-12-25)23-21(22-3)24-20-15-19(20)17-7-5-4-6-8-17;/h16-20H,4-15H2,1-3H3,(H2,22,23,24);1H. The minimum Gasteiger partial charge on any atom is -0.377 e. The number of hydrogen-bond acceptors (Lipinski definition) is 3. The average molecular weight is 492 g/mol. The highest BCUT2D eigenvalue weighted by Crippen LogP contribution is 2.44. The van der Waals surface area contributed by atoms with Gasteiger partial charge in [0, 0.05) is 38.8 Å². The van der Waals surface area contributed by atoms with Gasteiger partial charge in [0.05, 0.1) is 12.7 Å². The van der Waals surface area contributed by atoms with Crippen molar-refractivity contribution in [2.75, 3.05) is 33.3 Å². The molecule has 2 unspecified atom stereocenters. The lowest BCUT2D eigenvalue weighted by atomic mass is 9.85. The van der Waals surface area contributed by atoms with E-state index in [4.69, 9.17) is 4.74 Å². The van der Waals surface area contributed by atoms with Crippen LogP contribution in [0.25, 0.3) is 0 Å². The van der Waals surface area contributed by atoms with Gasteiger partial charge in [0.2, 0.25) is 0 Å². The number of likely N-dealkylation sites (tertiary alicyclic amines) is 1. The number of halogens is 1. The van der Waals surface area contributed by atoms with E-state index in [0.717, 1.165) is 44.0 Å². The number of ether oxygens (including phenoxy) is 1. The van der Waals surface area contributed by atoms with Crippen molar-refractivity contribution in [2.24, 2.45) is 16.8 Å². The Kier molecular flexibility index (Phi) is 10.1. The molecule has 158 valence electrons. The molecule has 0 radical (unpaired) electrons. The van der Waals surface area contributed by atoms with Crippen molar-refractivity contribution in [1.82, 2.24) is 15.5 Å². The van der Waals surface area contributed by atoms with E-state index < -0.39 is 0 Å². The molecule has 2 N–H and O–H groups in total. The van der Waals surface area contributed by atoms with Crippen molar-refractivity contribution in [3.05, 3.63) is 0 Å². The molecule has 0 spiro atoms. The largest absolute Gasteiger partial charge is 0.377 e. The van der Waals surface area contributed by atoms with Gasteiger partial charge >= 0.3 is 0 Å². The molecule has 3 fully saturated rings. The van der Waals surface area contributed by atoms with Gasteiger partial charge in [-0.1, -0.05) is 32.1 Å². The summed E-state index contributed by atoms with van der Waals surface area (Å²) in [4.78, 5) is 7.02. The van der Waals surface area contributed by atoms with Crippen LogP contribution >= 0.6 is 24.0 Å². The molecular weight excluding hydrogens is 451 g/mol. The van der Waals surface area contributed by atoms with Crippen LogP contribution in [0, 0.1) is 11.8 Å².